The molecular formula is C12H10ClN4+. The summed E-state index contributed by atoms with van der Waals surface area (Å²) in [4.78, 5) is 8.62. The maximum Gasteiger partial charge on any atom is 0.202 e. The Labute approximate surface area is 103 Å². The van der Waals surface area contributed by atoms with Gasteiger partial charge in [-0.2, -0.15) is 5.10 Å². The van der Waals surface area contributed by atoms with Crippen LogP contribution in [-0.2, 0) is 7.05 Å². The zero-order valence-electron chi connectivity index (χ0n) is 9.18. The summed E-state index contributed by atoms with van der Waals surface area (Å²) in [5.41, 5.74) is 3.74. The van der Waals surface area contributed by atoms with E-state index in [2.05, 4.69) is 15.1 Å². The number of halogens is 1. The van der Waals surface area contributed by atoms with Gasteiger partial charge in [-0.15, -0.1) is 4.68 Å². The quantitative estimate of drug-likeness (QED) is 0.527. The zero-order valence-corrected chi connectivity index (χ0v) is 9.94. The van der Waals surface area contributed by atoms with Crippen LogP contribution in [-0.4, -0.2) is 15.1 Å². The van der Waals surface area contributed by atoms with Gasteiger partial charge < -0.3 is 0 Å². The predicted molar refractivity (Wildman–Crippen MR) is 65.5 cm³/mol. The molecule has 0 atom stereocenters. The third kappa shape index (κ3) is 1.87. The Hall–Kier alpha value is -1.94. The molecule has 84 valence electrons. The maximum atomic E-state index is 5.87. The monoisotopic (exact) mass is 245 g/mol. The van der Waals surface area contributed by atoms with E-state index in [4.69, 9.17) is 11.6 Å². The highest BCUT2D eigenvalue weighted by atomic mass is 35.5. The van der Waals surface area contributed by atoms with Crippen molar-refractivity contribution in [3.05, 3.63) is 41.9 Å². The van der Waals surface area contributed by atoms with Crippen molar-refractivity contribution in [1.29, 1.82) is 0 Å². The smallest absolute Gasteiger partial charge is 0.202 e. The fraction of sp³-hybridized carbons (Fsp3) is 0.0833. The van der Waals surface area contributed by atoms with E-state index < -0.39 is 0 Å². The largest absolute Gasteiger partial charge is 0.254 e. The normalized spacial score (nSPS) is 10.9. The summed E-state index contributed by atoms with van der Waals surface area (Å²) in [5, 5.41) is 3.55. The van der Waals surface area contributed by atoms with E-state index >= 15 is 0 Å². The fourth-order valence-corrected chi connectivity index (χ4v) is 1.91. The molecule has 3 heterocycles. The molecule has 4 nitrogen and oxygen atoms in total. The Balaban J connectivity index is 2.18. The van der Waals surface area contributed by atoms with Crippen molar-refractivity contribution >= 4 is 22.6 Å². The van der Waals surface area contributed by atoms with Crippen molar-refractivity contribution in [2.45, 2.75) is 0 Å². The molecule has 0 unspecified atom stereocenters. The summed E-state index contributed by atoms with van der Waals surface area (Å²) in [6, 6.07) is 5.59. The Morgan fingerprint density at radius 2 is 2.12 bits per heavy atom. The molecule has 0 spiro atoms. The van der Waals surface area contributed by atoms with E-state index in [-0.39, 0.29) is 0 Å². The first-order valence-corrected chi connectivity index (χ1v) is 5.57. The average molecular weight is 246 g/mol. The molecule has 0 aliphatic carbocycles. The number of aromatic amines is 1. The number of hydrogen-bond acceptors (Lipinski definition) is 2. The summed E-state index contributed by atoms with van der Waals surface area (Å²) in [7, 11) is 1.94. The van der Waals surface area contributed by atoms with Gasteiger partial charge in [0.2, 0.25) is 6.20 Å². The van der Waals surface area contributed by atoms with E-state index in [1.165, 1.54) is 0 Å². The molecule has 0 amide bonds. The van der Waals surface area contributed by atoms with Gasteiger partial charge in [0.1, 0.15) is 5.15 Å². The SMILES string of the molecule is C[n+]1cc(-c2cnc3ccc(Cl)nc3c2)c[nH]1. The average Bonchev–Trinajstić information content (AvgIpc) is 2.75. The standard InChI is InChI=1S/C12H9ClN4/c1-17-7-9(6-15-17)8-4-11-10(14-5-8)2-3-12(13)16-11/h2-7H,1H3/p+1. The second-order valence-electron chi connectivity index (χ2n) is 3.87. The van der Waals surface area contributed by atoms with Crippen LogP contribution in [0, 0.1) is 0 Å². The lowest BCUT2D eigenvalue weighted by Crippen LogP contribution is -2.27. The van der Waals surface area contributed by atoms with Crippen molar-refractivity contribution in [3.63, 3.8) is 0 Å². The topological polar surface area (TPSA) is 45.5 Å². The van der Waals surface area contributed by atoms with Gasteiger partial charge in [0, 0.05) is 11.8 Å². The van der Waals surface area contributed by atoms with Crippen molar-refractivity contribution in [1.82, 2.24) is 15.1 Å². The van der Waals surface area contributed by atoms with Crippen molar-refractivity contribution in [2.75, 3.05) is 0 Å². The van der Waals surface area contributed by atoms with E-state index in [9.17, 15) is 0 Å². The van der Waals surface area contributed by atoms with Crippen LogP contribution >= 0.6 is 11.6 Å². The number of aryl methyl sites for hydroxylation is 1. The minimum Gasteiger partial charge on any atom is -0.254 e. The molecule has 1 N–H and O–H groups in total. The van der Waals surface area contributed by atoms with E-state index in [1.807, 2.05) is 42.5 Å². The van der Waals surface area contributed by atoms with Gasteiger partial charge >= 0.3 is 0 Å². The molecule has 0 aromatic carbocycles. The fourth-order valence-electron chi connectivity index (χ4n) is 1.75. The lowest BCUT2D eigenvalue weighted by molar-refractivity contribution is -0.726. The Morgan fingerprint density at radius 3 is 2.88 bits per heavy atom. The van der Waals surface area contributed by atoms with Crippen LogP contribution in [0.4, 0.5) is 0 Å². The van der Waals surface area contributed by atoms with Gasteiger partial charge in [-0.05, 0) is 18.2 Å². The molecule has 0 aliphatic heterocycles. The first-order valence-electron chi connectivity index (χ1n) is 5.19. The van der Waals surface area contributed by atoms with Gasteiger partial charge in [0.15, 0.2) is 7.05 Å². The van der Waals surface area contributed by atoms with Crippen LogP contribution in [0.1, 0.15) is 0 Å². The second kappa shape index (κ2) is 3.82. The van der Waals surface area contributed by atoms with E-state index in [0.717, 1.165) is 22.2 Å². The summed E-state index contributed by atoms with van der Waals surface area (Å²) < 4.78 is 1.88. The number of H-pyrrole nitrogens is 1. The third-order valence-corrected chi connectivity index (χ3v) is 2.80. The Morgan fingerprint density at radius 1 is 1.24 bits per heavy atom. The highest BCUT2D eigenvalue weighted by Gasteiger charge is 2.07. The first-order chi connectivity index (χ1) is 8.22. The van der Waals surface area contributed by atoms with Gasteiger partial charge in [0.25, 0.3) is 0 Å². The molecule has 0 aliphatic rings. The molecule has 0 bridgehead atoms. The van der Waals surface area contributed by atoms with Gasteiger partial charge in [-0.25, -0.2) is 4.98 Å². The number of fused-ring (bicyclic) bond motifs is 1. The minimum atomic E-state index is 0.482. The van der Waals surface area contributed by atoms with E-state index in [1.54, 1.807) is 6.07 Å². The molecule has 0 radical (unpaired) electrons. The van der Waals surface area contributed by atoms with Crippen LogP contribution < -0.4 is 4.68 Å². The first kappa shape index (κ1) is 10.2. The summed E-state index contributed by atoms with van der Waals surface area (Å²) in [5.74, 6) is 0. The van der Waals surface area contributed by atoms with Crippen LogP contribution in [0.3, 0.4) is 0 Å². The third-order valence-electron chi connectivity index (χ3n) is 2.59. The Kier molecular flexibility index (Phi) is 2.30. The molecule has 3 aromatic heterocycles. The molecular weight excluding hydrogens is 236 g/mol. The zero-order chi connectivity index (χ0) is 11.8. The molecule has 5 heteroatoms. The number of aromatic nitrogens is 4. The van der Waals surface area contributed by atoms with Crippen LogP contribution in [0.2, 0.25) is 5.15 Å². The molecule has 0 fully saturated rings. The summed E-state index contributed by atoms with van der Waals surface area (Å²) in [6.45, 7) is 0. The highest BCUT2D eigenvalue weighted by Crippen LogP contribution is 2.21. The van der Waals surface area contributed by atoms with Crippen molar-refractivity contribution < 1.29 is 4.68 Å². The molecule has 3 rings (SSSR count). The van der Waals surface area contributed by atoms with Crippen molar-refractivity contribution in [3.8, 4) is 11.1 Å². The number of rotatable bonds is 1. The molecule has 3 aromatic rings. The summed E-state index contributed by atoms with van der Waals surface area (Å²) in [6.07, 6.45) is 5.75. The Bertz CT molecular complexity index is 690. The van der Waals surface area contributed by atoms with Gasteiger partial charge in [-0.3, -0.25) is 4.98 Å². The number of hydrogen-bond donors (Lipinski definition) is 1. The number of pyridine rings is 2. The predicted octanol–water partition coefficient (Wildman–Crippen LogP) is 2.10. The lowest BCUT2D eigenvalue weighted by atomic mass is 10.1. The van der Waals surface area contributed by atoms with Crippen LogP contribution in [0.15, 0.2) is 36.8 Å². The molecule has 17 heavy (non-hydrogen) atoms. The summed E-state index contributed by atoms with van der Waals surface area (Å²) >= 11 is 5.87. The minimum absolute atomic E-state index is 0.482. The lowest BCUT2D eigenvalue weighted by Gasteiger charge is -1.99. The van der Waals surface area contributed by atoms with Crippen molar-refractivity contribution in [2.24, 2.45) is 7.05 Å². The van der Waals surface area contributed by atoms with Crippen LogP contribution in [0.25, 0.3) is 22.2 Å². The van der Waals surface area contributed by atoms with Gasteiger partial charge in [0.05, 0.1) is 22.8 Å². The van der Waals surface area contributed by atoms with Gasteiger partial charge in [-0.1, -0.05) is 11.6 Å². The molecule has 0 saturated heterocycles. The van der Waals surface area contributed by atoms with E-state index in [0.29, 0.717) is 5.15 Å². The maximum absolute atomic E-state index is 5.87. The second-order valence-corrected chi connectivity index (χ2v) is 4.25. The molecule has 0 saturated carbocycles. The number of nitrogens with zero attached hydrogens (tertiary/aromatic N) is 3. The highest BCUT2D eigenvalue weighted by molar-refractivity contribution is 6.29. The van der Waals surface area contributed by atoms with Crippen LogP contribution in [0.5, 0.6) is 0 Å². The number of nitrogens with one attached hydrogen (secondary N) is 1.